The molecule has 2 heterocycles. The van der Waals surface area contributed by atoms with E-state index in [1.54, 1.807) is 4.98 Å². The van der Waals surface area contributed by atoms with Crippen molar-refractivity contribution >= 4 is 11.9 Å². The summed E-state index contributed by atoms with van der Waals surface area (Å²) >= 11 is 0. The molecule has 1 aliphatic rings. The normalized spacial score (nSPS) is 24.8. The van der Waals surface area contributed by atoms with Gasteiger partial charge in [0.15, 0.2) is 12.3 Å². The van der Waals surface area contributed by atoms with Gasteiger partial charge < -0.3 is 40.1 Å². The van der Waals surface area contributed by atoms with Gasteiger partial charge in [0.1, 0.15) is 24.9 Å². The van der Waals surface area contributed by atoms with Crippen LogP contribution in [0.1, 0.15) is 17.9 Å². The number of ether oxygens (including phenoxy) is 2. The van der Waals surface area contributed by atoms with Crippen LogP contribution in [0.5, 0.6) is 0 Å². The Balaban J connectivity index is 0.000000568. The molecule has 1 fully saturated rings. The standard InChI is InChI=1S/C11H14N2O9.C3H6O3/c14-2-4-6(16)7(17)9(22-4)13-1-3(5(15)10(19)20)8(18)12-11(13)21;1-6-3(5)2-4/h1,4-7,9,14-17H,2H2,(H,19,20)(H,12,18,21);4H,2H2,1H3/t4-,5?,6-,7-,9-;/m1./s1. The molecule has 0 saturated carbocycles. The van der Waals surface area contributed by atoms with Gasteiger partial charge in [-0.2, -0.15) is 0 Å². The molecule has 1 unspecified atom stereocenters. The number of aliphatic hydroxyl groups is 5. The van der Waals surface area contributed by atoms with Gasteiger partial charge in [-0.15, -0.1) is 0 Å². The van der Waals surface area contributed by atoms with Crippen LogP contribution in [0.2, 0.25) is 0 Å². The molecule has 0 aromatic carbocycles. The quantitative estimate of drug-likeness (QED) is 0.228. The molecule has 0 spiro atoms. The summed E-state index contributed by atoms with van der Waals surface area (Å²) in [5.74, 6) is -2.31. The highest BCUT2D eigenvalue weighted by atomic mass is 16.6. The first-order chi connectivity index (χ1) is 13.1. The van der Waals surface area contributed by atoms with Crippen molar-refractivity contribution in [3.63, 3.8) is 0 Å². The first-order valence-corrected chi connectivity index (χ1v) is 7.65. The molecule has 1 aromatic rings. The summed E-state index contributed by atoms with van der Waals surface area (Å²) in [5.41, 5.74) is -2.80. The molecule has 28 heavy (non-hydrogen) atoms. The van der Waals surface area contributed by atoms with E-state index in [4.69, 9.17) is 20.1 Å². The molecule has 14 nitrogen and oxygen atoms in total. The lowest BCUT2D eigenvalue weighted by Gasteiger charge is -2.18. The van der Waals surface area contributed by atoms with Crippen LogP contribution in [0.25, 0.3) is 0 Å². The van der Waals surface area contributed by atoms with Crippen LogP contribution in [-0.4, -0.2) is 90.8 Å². The third-order valence-electron chi connectivity index (χ3n) is 3.67. The zero-order valence-corrected chi connectivity index (χ0v) is 14.5. The number of nitrogens with zero attached hydrogens (tertiary/aromatic N) is 1. The Bertz CT molecular complexity index is 796. The van der Waals surface area contributed by atoms with Crippen molar-refractivity contribution in [2.45, 2.75) is 30.6 Å². The van der Waals surface area contributed by atoms with Crippen molar-refractivity contribution in [2.24, 2.45) is 0 Å². The highest BCUT2D eigenvalue weighted by molar-refractivity contribution is 5.73. The van der Waals surface area contributed by atoms with E-state index in [0.29, 0.717) is 4.57 Å². The molecule has 14 heteroatoms. The lowest BCUT2D eigenvalue weighted by Crippen LogP contribution is -2.39. The number of esters is 1. The second-order valence-electron chi connectivity index (χ2n) is 5.45. The Kier molecular flexibility index (Phi) is 8.42. The van der Waals surface area contributed by atoms with Crippen molar-refractivity contribution in [1.82, 2.24) is 9.55 Å². The monoisotopic (exact) mass is 408 g/mol. The van der Waals surface area contributed by atoms with Crippen LogP contribution in [0.3, 0.4) is 0 Å². The van der Waals surface area contributed by atoms with Gasteiger partial charge in [0, 0.05) is 6.20 Å². The Morgan fingerprint density at radius 2 is 1.89 bits per heavy atom. The van der Waals surface area contributed by atoms with Gasteiger partial charge in [0.25, 0.3) is 5.56 Å². The van der Waals surface area contributed by atoms with Crippen molar-refractivity contribution in [1.29, 1.82) is 0 Å². The third-order valence-corrected chi connectivity index (χ3v) is 3.67. The molecule has 0 aliphatic carbocycles. The van der Waals surface area contributed by atoms with Gasteiger partial charge >= 0.3 is 17.6 Å². The summed E-state index contributed by atoms with van der Waals surface area (Å²) in [5, 5.41) is 54.5. The van der Waals surface area contributed by atoms with Gasteiger partial charge in [-0.05, 0) is 0 Å². The molecule has 1 saturated heterocycles. The number of carbonyl (C=O) groups excluding carboxylic acids is 1. The van der Waals surface area contributed by atoms with Gasteiger partial charge in [-0.1, -0.05) is 0 Å². The first-order valence-electron chi connectivity index (χ1n) is 7.65. The smallest absolute Gasteiger partial charge is 0.337 e. The number of rotatable bonds is 5. The second-order valence-corrected chi connectivity index (χ2v) is 5.45. The van der Waals surface area contributed by atoms with Crippen molar-refractivity contribution < 1.29 is 49.7 Å². The summed E-state index contributed by atoms with van der Waals surface area (Å²) in [6.07, 6.45) is -7.17. The number of aliphatic hydroxyl groups excluding tert-OH is 5. The first kappa shape index (κ1) is 23.4. The summed E-state index contributed by atoms with van der Waals surface area (Å²) in [7, 11) is 1.22. The third kappa shape index (κ3) is 5.22. The van der Waals surface area contributed by atoms with Crippen LogP contribution in [0, 0.1) is 0 Å². The van der Waals surface area contributed by atoms with Crippen LogP contribution >= 0.6 is 0 Å². The maximum atomic E-state index is 11.8. The molecule has 1 aromatic heterocycles. The zero-order chi connectivity index (χ0) is 21.6. The zero-order valence-electron chi connectivity index (χ0n) is 14.5. The second kappa shape index (κ2) is 10.1. The number of carbonyl (C=O) groups is 2. The van der Waals surface area contributed by atoms with Crippen molar-refractivity contribution in [3.8, 4) is 0 Å². The van der Waals surface area contributed by atoms with E-state index in [2.05, 4.69) is 4.74 Å². The van der Waals surface area contributed by atoms with Crippen LogP contribution in [0.4, 0.5) is 0 Å². The predicted octanol–water partition coefficient (Wildman–Crippen LogP) is -4.58. The largest absolute Gasteiger partial charge is 0.479 e. The molecular formula is C14H20N2O12. The summed E-state index contributed by atoms with van der Waals surface area (Å²) in [6.45, 7) is -1.16. The fraction of sp³-hybridized carbons (Fsp3) is 0.571. The Hall–Kier alpha value is -2.62. The lowest BCUT2D eigenvalue weighted by molar-refractivity contribution is -0.147. The molecule has 0 radical (unpaired) electrons. The predicted molar refractivity (Wildman–Crippen MR) is 86.0 cm³/mol. The molecule has 7 N–H and O–H groups in total. The number of methoxy groups -OCH3 is 1. The number of carboxylic acid groups (broad SMARTS) is 1. The maximum Gasteiger partial charge on any atom is 0.337 e. The number of nitrogens with one attached hydrogen (secondary N) is 1. The van der Waals surface area contributed by atoms with Gasteiger partial charge in [0.05, 0.1) is 19.3 Å². The van der Waals surface area contributed by atoms with E-state index in [1.807, 2.05) is 0 Å². The SMILES string of the molecule is COC(=O)CO.O=C(O)C(O)c1cn([C@@H]2O[C@H](CO)[C@@H](O)[C@H]2O)c(=O)[nH]c1=O. The fourth-order valence-corrected chi connectivity index (χ4v) is 2.19. The number of hydrogen-bond donors (Lipinski definition) is 7. The van der Waals surface area contributed by atoms with Gasteiger partial charge in [-0.3, -0.25) is 14.3 Å². The lowest BCUT2D eigenvalue weighted by atomic mass is 10.1. The number of aliphatic carboxylic acids is 1. The minimum atomic E-state index is -2.19. The van der Waals surface area contributed by atoms with Crippen molar-refractivity contribution in [2.75, 3.05) is 20.3 Å². The molecule has 2 rings (SSSR count). The van der Waals surface area contributed by atoms with Gasteiger partial charge in [0.2, 0.25) is 0 Å². The number of H-pyrrole nitrogens is 1. The molecule has 158 valence electrons. The van der Waals surface area contributed by atoms with E-state index in [1.165, 1.54) is 7.11 Å². The minimum absolute atomic E-state index is 0.531. The molecule has 0 amide bonds. The van der Waals surface area contributed by atoms with E-state index < -0.39 is 72.6 Å². The van der Waals surface area contributed by atoms with Crippen molar-refractivity contribution in [3.05, 3.63) is 32.6 Å². The van der Waals surface area contributed by atoms with E-state index in [0.717, 1.165) is 6.20 Å². The van der Waals surface area contributed by atoms with Gasteiger partial charge in [-0.25, -0.2) is 14.4 Å². The minimum Gasteiger partial charge on any atom is -0.479 e. The molecule has 1 aliphatic heterocycles. The summed E-state index contributed by atoms with van der Waals surface area (Å²) in [4.78, 5) is 45.5. The van der Waals surface area contributed by atoms with E-state index in [9.17, 15) is 34.5 Å². The van der Waals surface area contributed by atoms with Crippen LogP contribution in [-0.2, 0) is 19.1 Å². The number of aromatic nitrogens is 2. The molecular weight excluding hydrogens is 388 g/mol. The average Bonchev–Trinajstić information content (AvgIpc) is 2.95. The Morgan fingerprint density at radius 3 is 2.29 bits per heavy atom. The van der Waals surface area contributed by atoms with E-state index >= 15 is 0 Å². The fourth-order valence-electron chi connectivity index (χ4n) is 2.19. The number of carboxylic acids is 1. The topological polar surface area (TPSA) is 229 Å². The highest BCUT2D eigenvalue weighted by Gasteiger charge is 2.44. The Labute approximate surface area is 155 Å². The summed E-state index contributed by atoms with van der Waals surface area (Å²) < 4.78 is 9.74. The van der Waals surface area contributed by atoms with Crippen LogP contribution < -0.4 is 11.2 Å². The van der Waals surface area contributed by atoms with Crippen LogP contribution in [0.15, 0.2) is 15.8 Å². The molecule has 0 bridgehead atoms. The maximum absolute atomic E-state index is 11.8. The summed E-state index contributed by atoms with van der Waals surface area (Å²) in [6, 6.07) is 0. The number of hydrogen-bond acceptors (Lipinski definition) is 11. The van der Waals surface area contributed by atoms with E-state index in [-0.39, 0.29) is 0 Å². The Morgan fingerprint density at radius 1 is 1.29 bits per heavy atom. The average molecular weight is 408 g/mol. The molecule has 5 atom stereocenters. The highest BCUT2D eigenvalue weighted by Crippen LogP contribution is 2.28. The number of aromatic amines is 1.